The molecule has 0 aromatic heterocycles. The maximum absolute atomic E-state index is 12.0. The number of amides is 3. The van der Waals surface area contributed by atoms with Crippen molar-refractivity contribution in [2.75, 3.05) is 13.1 Å². The zero-order valence-electron chi connectivity index (χ0n) is 11.4. The minimum Gasteiger partial charge on any atom is -0.480 e. The summed E-state index contributed by atoms with van der Waals surface area (Å²) in [4.78, 5) is 35.1. The Morgan fingerprint density at radius 2 is 2.10 bits per heavy atom. The quantitative estimate of drug-likeness (QED) is 0.521. The van der Waals surface area contributed by atoms with Crippen LogP contribution in [-0.2, 0) is 9.59 Å². The van der Waals surface area contributed by atoms with Crippen LogP contribution in [0, 0.1) is 5.92 Å². The lowest BCUT2D eigenvalue weighted by Gasteiger charge is -2.34. The van der Waals surface area contributed by atoms with E-state index in [4.69, 9.17) is 10.8 Å². The molecule has 1 fully saturated rings. The van der Waals surface area contributed by atoms with E-state index in [-0.39, 0.29) is 18.8 Å². The van der Waals surface area contributed by atoms with E-state index in [0.29, 0.717) is 19.5 Å². The van der Waals surface area contributed by atoms with E-state index in [2.05, 4.69) is 5.32 Å². The molecule has 20 heavy (non-hydrogen) atoms. The summed E-state index contributed by atoms with van der Waals surface area (Å²) in [6, 6.07) is -1.64. The van der Waals surface area contributed by atoms with Gasteiger partial charge in [-0.2, -0.15) is 0 Å². The number of carboxylic acids is 1. The van der Waals surface area contributed by atoms with Crippen molar-refractivity contribution in [3.8, 4) is 0 Å². The van der Waals surface area contributed by atoms with E-state index in [1.165, 1.54) is 4.90 Å². The summed E-state index contributed by atoms with van der Waals surface area (Å²) in [5.41, 5.74) is 4.97. The second-order valence-corrected chi connectivity index (χ2v) is 5.12. The molecule has 0 saturated carbocycles. The van der Waals surface area contributed by atoms with Crippen molar-refractivity contribution in [3.63, 3.8) is 0 Å². The third-order valence-electron chi connectivity index (χ3n) is 3.42. The number of hydrogen-bond donors (Lipinski definition) is 4. The Morgan fingerprint density at radius 3 is 2.60 bits per heavy atom. The number of carbonyl (C=O) groups is 3. The molecule has 1 heterocycles. The molecule has 114 valence electrons. The summed E-state index contributed by atoms with van der Waals surface area (Å²) in [6.07, 6.45) is -0.119. The lowest BCUT2D eigenvalue weighted by molar-refractivity contribution is -0.139. The van der Waals surface area contributed by atoms with E-state index in [1.807, 2.05) is 6.92 Å². The first kappa shape index (κ1) is 16.2. The Morgan fingerprint density at radius 1 is 1.45 bits per heavy atom. The van der Waals surface area contributed by atoms with E-state index in [0.717, 1.165) is 0 Å². The van der Waals surface area contributed by atoms with E-state index >= 15 is 0 Å². The SMILES string of the molecule is CC1CN(C(=O)N[C@@H](CCC(N)=O)C(=O)O)CCC1O. The standard InChI is InChI=1S/C12H21N3O5/c1-7-6-15(5-4-9(7)16)12(20)14-8(11(18)19)2-3-10(13)17/h7-9,16H,2-6H2,1H3,(H2,13,17)(H,14,20)(H,18,19)/t7?,8-,9?/m0/s1. The van der Waals surface area contributed by atoms with Gasteiger partial charge in [0.05, 0.1) is 6.10 Å². The first-order chi connectivity index (χ1) is 9.31. The topological polar surface area (TPSA) is 133 Å². The molecule has 2 unspecified atom stereocenters. The molecule has 0 aromatic rings. The highest BCUT2D eigenvalue weighted by Crippen LogP contribution is 2.16. The van der Waals surface area contributed by atoms with Crippen LogP contribution in [0.2, 0.25) is 0 Å². The summed E-state index contributed by atoms with van der Waals surface area (Å²) in [5, 5.41) is 21.0. The van der Waals surface area contributed by atoms with Gasteiger partial charge >= 0.3 is 12.0 Å². The summed E-state index contributed by atoms with van der Waals surface area (Å²) in [6.45, 7) is 2.57. The third kappa shape index (κ3) is 4.69. The van der Waals surface area contributed by atoms with Crippen LogP contribution in [0.15, 0.2) is 0 Å². The first-order valence-corrected chi connectivity index (χ1v) is 6.56. The molecule has 8 heteroatoms. The monoisotopic (exact) mass is 287 g/mol. The minimum atomic E-state index is -1.20. The fourth-order valence-corrected chi connectivity index (χ4v) is 2.10. The number of aliphatic carboxylic acids is 1. The highest BCUT2D eigenvalue weighted by atomic mass is 16.4. The molecular formula is C12H21N3O5. The van der Waals surface area contributed by atoms with E-state index in [1.54, 1.807) is 0 Å². The van der Waals surface area contributed by atoms with Crippen molar-refractivity contribution >= 4 is 17.9 Å². The van der Waals surface area contributed by atoms with Gasteiger partial charge in [0.25, 0.3) is 0 Å². The number of nitrogens with zero attached hydrogens (tertiary/aromatic N) is 1. The maximum Gasteiger partial charge on any atom is 0.326 e. The molecule has 0 radical (unpaired) electrons. The predicted octanol–water partition coefficient (Wildman–Crippen LogP) is -0.883. The minimum absolute atomic E-state index is 0.0393. The number of nitrogens with two attached hydrogens (primary N) is 1. The van der Waals surface area contributed by atoms with Gasteiger partial charge in [-0.25, -0.2) is 9.59 Å². The second-order valence-electron chi connectivity index (χ2n) is 5.12. The van der Waals surface area contributed by atoms with Crippen LogP contribution in [0.3, 0.4) is 0 Å². The number of rotatable bonds is 5. The fraction of sp³-hybridized carbons (Fsp3) is 0.750. The average Bonchev–Trinajstić information content (AvgIpc) is 2.36. The van der Waals surface area contributed by atoms with E-state index in [9.17, 15) is 19.5 Å². The van der Waals surface area contributed by atoms with Crippen LogP contribution in [0.25, 0.3) is 0 Å². The number of carbonyl (C=O) groups excluding carboxylic acids is 2. The molecule has 0 spiro atoms. The van der Waals surface area contributed by atoms with Gasteiger partial charge in [-0.05, 0) is 18.8 Å². The molecule has 1 saturated heterocycles. The molecular weight excluding hydrogens is 266 g/mol. The van der Waals surface area contributed by atoms with Crippen LogP contribution in [-0.4, -0.2) is 58.3 Å². The molecule has 1 aliphatic heterocycles. The molecule has 3 amide bonds. The summed E-state index contributed by atoms with van der Waals surface area (Å²) in [5.74, 6) is -1.87. The molecule has 1 rings (SSSR count). The smallest absolute Gasteiger partial charge is 0.326 e. The number of piperidine rings is 1. The Hall–Kier alpha value is -1.83. The number of nitrogens with one attached hydrogen (secondary N) is 1. The largest absolute Gasteiger partial charge is 0.480 e. The van der Waals surface area contributed by atoms with Crippen LogP contribution in [0.5, 0.6) is 0 Å². The van der Waals surface area contributed by atoms with Gasteiger partial charge in [-0.1, -0.05) is 6.92 Å². The molecule has 5 N–H and O–H groups in total. The molecule has 3 atom stereocenters. The zero-order valence-corrected chi connectivity index (χ0v) is 11.4. The summed E-state index contributed by atoms with van der Waals surface area (Å²) < 4.78 is 0. The Bertz CT molecular complexity index is 387. The molecule has 1 aliphatic rings. The average molecular weight is 287 g/mol. The van der Waals surface area contributed by atoms with Crippen molar-refractivity contribution in [2.45, 2.75) is 38.3 Å². The highest BCUT2D eigenvalue weighted by molar-refractivity contribution is 5.83. The number of urea groups is 1. The van der Waals surface area contributed by atoms with Gasteiger partial charge < -0.3 is 26.2 Å². The molecule has 0 aromatic carbocycles. The number of carboxylic acid groups (broad SMARTS) is 1. The van der Waals surface area contributed by atoms with Crippen LogP contribution in [0.1, 0.15) is 26.2 Å². The first-order valence-electron chi connectivity index (χ1n) is 6.56. The number of aliphatic hydroxyl groups is 1. The summed E-state index contributed by atoms with van der Waals surface area (Å²) >= 11 is 0. The lowest BCUT2D eigenvalue weighted by Crippen LogP contribution is -2.52. The molecule has 8 nitrogen and oxygen atoms in total. The number of aliphatic hydroxyl groups excluding tert-OH is 1. The lowest BCUT2D eigenvalue weighted by atomic mass is 9.97. The predicted molar refractivity (Wildman–Crippen MR) is 69.7 cm³/mol. The van der Waals surface area contributed by atoms with Gasteiger partial charge in [0, 0.05) is 19.5 Å². The van der Waals surface area contributed by atoms with Gasteiger partial charge in [0.15, 0.2) is 0 Å². The Kier molecular flexibility index (Phi) is 5.75. The van der Waals surface area contributed by atoms with Crippen LogP contribution < -0.4 is 11.1 Å². The van der Waals surface area contributed by atoms with Gasteiger partial charge in [-0.15, -0.1) is 0 Å². The van der Waals surface area contributed by atoms with Crippen LogP contribution >= 0.6 is 0 Å². The van der Waals surface area contributed by atoms with Crippen molar-refractivity contribution in [2.24, 2.45) is 11.7 Å². The van der Waals surface area contributed by atoms with Crippen molar-refractivity contribution in [3.05, 3.63) is 0 Å². The Balaban J connectivity index is 2.53. The van der Waals surface area contributed by atoms with Crippen molar-refractivity contribution < 1.29 is 24.6 Å². The number of primary amides is 1. The molecule has 0 bridgehead atoms. The van der Waals surface area contributed by atoms with Crippen molar-refractivity contribution in [1.82, 2.24) is 10.2 Å². The molecule has 0 aliphatic carbocycles. The second kappa shape index (κ2) is 7.09. The highest BCUT2D eigenvalue weighted by Gasteiger charge is 2.29. The normalized spacial score (nSPS) is 24.0. The van der Waals surface area contributed by atoms with Crippen molar-refractivity contribution in [1.29, 1.82) is 0 Å². The zero-order chi connectivity index (χ0) is 15.3. The maximum atomic E-state index is 12.0. The van der Waals surface area contributed by atoms with Gasteiger partial charge in [-0.3, -0.25) is 4.79 Å². The number of hydrogen-bond acceptors (Lipinski definition) is 4. The fourth-order valence-electron chi connectivity index (χ4n) is 2.10. The third-order valence-corrected chi connectivity index (χ3v) is 3.42. The van der Waals surface area contributed by atoms with Crippen LogP contribution in [0.4, 0.5) is 4.79 Å². The van der Waals surface area contributed by atoms with Gasteiger partial charge in [0.2, 0.25) is 5.91 Å². The van der Waals surface area contributed by atoms with E-state index < -0.39 is 30.1 Å². The Labute approximate surface area is 116 Å². The number of likely N-dealkylation sites (tertiary alicyclic amines) is 1. The summed E-state index contributed by atoms with van der Waals surface area (Å²) in [7, 11) is 0. The van der Waals surface area contributed by atoms with Gasteiger partial charge in [0.1, 0.15) is 6.04 Å².